The number of likely N-dealkylation sites (tertiary alicyclic amines) is 1. The van der Waals surface area contributed by atoms with Gasteiger partial charge in [0.15, 0.2) is 0 Å². The summed E-state index contributed by atoms with van der Waals surface area (Å²) in [5.74, 6) is 0.846. The Hall–Kier alpha value is -2.66. The molecule has 0 aromatic heterocycles. The van der Waals surface area contributed by atoms with Gasteiger partial charge < -0.3 is 15.2 Å². The first-order valence-corrected chi connectivity index (χ1v) is 11.2. The number of nitrogens with zero attached hydrogens (tertiary/aromatic N) is 1. The van der Waals surface area contributed by atoms with Crippen molar-refractivity contribution >= 4 is 0 Å². The van der Waals surface area contributed by atoms with Crippen molar-refractivity contribution in [3.63, 3.8) is 0 Å². The van der Waals surface area contributed by atoms with Gasteiger partial charge in [0, 0.05) is 12.6 Å². The van der Waals surface area contributed by atoms with Crippen LogP contribution in [0.1, 0.15) is 35.6 Å². The molecule has 1 heterocycles. The Morgan fingerprint density at radius 1 is 0.839 bits per heavy atom. The van der Waals surface area contributed by atoms with Crippen molar-refractivity contribution in [3.05, 3.63) is 102 Å². The molecule has 0 saturated carbocycles. The van der Waals surface area contributed by atoms with Gasteiger partial charge in [-0.3, -0.25) is 4.90 Å². The molecule has 31 heavy (non-hydrogen) atoms. The number of hydrogen-bond donors (Lipinski definition) is 2. The number of nitrogens with one attached hydrogen (secondary N) is 1. The topological polar surface area (TPSA) is 44.7 Å². The van der Waals surface area contributed by atoms with E-state index >= 15 is 0 Å². The van der Waals surface area contributed by atoms with Gasteiger partial charge in [-0.05, 0) is 54.8 Å². The number of aliphatic hydroxyl groups excluding tert-OH is 1. The van der Waals surface area contributed by atoms with Crippen LogP contribution >= 0.6 is 0 Å². The second-order valence-corrected chi connectivity index (χ2v) is 8.28. The molecule has 4 rings (SSSR count). The van der Waals surface area contributed by atoms with E-state index in [0.717, 1.165) is 49.4 Å². The molecule has 0 unspecified atom stereocenters. The molecule has 162 valence electrons. The van der Waals surface area contributed by atoms with E-state index in [1.54, 1.807) is 0 Å². The fourth-order valence-electron chi connectivity index (χ4n) is 4.18. The minimum atomic E-state index is -0.0474. The van der Waals surface area contributed by atoms with Crippen LogP contribution < -0.4 is 10.1 Å². The molecule has 1 saturated heterocycles. The number of ether oxygens (including phenoxy) is 1. The molecule has 1 fully saturated rings. The van der Waals surface area contributed by atoms with Crippen LogP contribution in [-0.4, -0.2) is 35.7 Å². The lowest BCUT2D eigenvalue weighted by atomic mass is 10.0. The molecular formula is C27H32N2O2. The van der Waals surface area contributed by atoms with Gasteiger partial charge in [0.25, 0.3) is 0 Å². The molecule has 1 atom stereocenters. The summed E-state index contributed by atoms with van der Waals surface area (Å²) in [4.78, 5) is 2.51. The Labute approximate surface area is 185 Å². The van der Waals surface area contributed by atoms with E-state index < -0.39 is 0 Å². The maximum absolute atomic E-state index is 9.97. The highest BCUT2D eigenvalue weighted by molar-refractivity contribution is 5.30. The minimum Gasteiger partial charge on any atom is -0.489 e. The molecule has 0 amide bonds. The van der Waals surface area contributed by atoms with E-state index in [9.17, 15) is 5.11 Å². The summed E-state index contributed by atoms with van der Waals surface area (Å²) in [5, 5.41) is 13.6. The highest BCUT2D eigenvalue weighted by Gasteiger charge is 2.22. The first-order valence-electron chi connectivity index (χ1n) is 11.2. The molecule has 3 aromatic rings. The SMILES string of the molecule is OC[C@@H](NC1CCN(Cc2ccccc2)CC1)c1ccc(OCc2ccccc2)cc1. The van der Waals surface area contributed by atoms with Gasteiger partial charge in [0.1, 0.15) is 12.4 Å². The number of hydrogen-bond acceptors (Lipinski definition) is 4. The Kier molecular flexibility index (Phi) is 7.72. The van der Waals surface area contributed by atoms with Crippen LogP contribution in [0.15, 0.2) is 84.9 Å². The van der Waals surface area contributed by atoms with Gasteiger partial charge in [-0.2, -0.15) is 0 Å². The summed E-state index contributed by atoms with van der Waals surface area (Å²) in [7, 11) is 0. The minimum absolute atomic E-state index is 0.0474. The third kappa shape index (κ3) is 6.41. The smallest absolute Gasteiger partial charge is 0.119 e. The predicted octanol–water partition coefficient (Wildman–Crippen LogP) is 4.55. The Morgan fingerprint density at radius 2 is 1.45 bits per heavy atom. The maximum Gasteiger partial charge on any atom is 0.119 e. The summed E-state index contributed by atoms with van der Waals surface area (Å²) >= 11 is 0. The Morgan fingerprint density at radius 3 is 2.06 bits per heavy atom. The summed E-state index contributed by atoms with van der Waals surface area (Å²) in [5.41, 5.74) is 3.62. The molecule has 3 aromatic carbocycles. The monoisotopic (exact) mass is 416 g/mol. The van der Waals surface area contributed by atoms with Crippen LogP contribution in [0.5, 0.6) is 5.75 Å². The summed E-state index contributed by atoms with van der Waals surface area (Å²) in [6, 6.07) is 29.3. The first kappa shape index (κ1) is 21.6. The van der Waals surface area contributed by atoms with Crippen LogP contribution in [0.25, 0.3) is 0 Å². The molecular weight excluding hydrogens is 384 g/mol. The van der Waals surface area contributed by atoms with Gasteiger partial charge in [-0.1, -0.05) is 72.8 Å². The number of rotatable bonds is 9. The summed E-state index contributed by atoms with van der Waals surface area (Å²) < 4.78 is 5.88. The van der Waals surface area contributed by atoms with Crippen LogP contribution in [-0.2, 0) is 13.2 Å². The third-order valence-corrected chi connectivity index (χ3v) is 5.99. The van der Waals surface area contributed by atoms with Crippen molar-refractivity contribution in [3.8, 4) is 5.75 Å². The third-order valence-electron chi connectivity index (χ3n) is 5.99. The van der Waals surface area contributed by atoms with Crippen molar-refractivity contribution in [1.29, 1.82) is 0 Å². The van der Waals surface area contributed by atoms with E-state index in [1.165, 1.54) is 5.56 Å². The maximum atomic E-state index is 9.97. The summed E-state index contributed by atoms with van der Waals surface area (Å²) in [6.45, 7) is 3.83. The van der Waals surface area contributed by atoms with Gasteiger partial charge >= 0.3 is 0 Å². The van der Waals surface area contributed by atoms with Gasteiger partial charge in [0.2, 0.25) is 0 Å². The van der Waals surface area contributed by atoms with Gasteiger partial charge in [-0.15, -0.1) is 0 Å². The molecule has 0 aliphatic carbocycles. The zero-order valence-corrected chi connectivity index (χ0v) is 18.0. The second kappa shape index (κ2) is 11.1. The second-order valence-electron chi connectivity index (χ2n) is 8.28. The molecule has 4 nitrogen and oxygen atoms in total. The van der Waals surface area contributed by atoms with Crippen LogP contribution in [0.3, 0.4) is 0 Å². The number of piperidine rings is 1. The highest BCUT2D eigenvalue weighted by Crippen LogP contribution is 2.22. The molecule has 1 aliphatic heterocycles. The Balaban J connectivity index is 1.25. The predicted molar refractivity (Wildman–Crippen MR) is 125 cm³/mol. The highest BCUT2D eigenvalue weighted by atomic mass is 16.5. The van der Waals surface area contributed by atoms with Crippen molar-refractivity contribution < 1.29 is 9.84 Å². The first-order chi connectivity index (χ1) is 15.3. The molecule has 1 aliphatic rings. The van der Waals surface area contributed by atoms with E-state index in [0.29, 0.717) is 12.6 Å². The largest absolute Gasteiger partial charge is 0.489 e. The van der Waals surface area contributed by atoms with Crippen molar-refractivity contribution in [2.45, 2.75) is 38.1 Å². The van der Waals surface area contributed by atoms with Gasteiger partial charge in [0.05, 0.1) is 12.6 Å². The zero-order valence-electron chi connectivity index (χ0n) is 18.0. The lowest BCUT2D eigenvalue weighted by molar-refractivity contribution is 0.167. The van der Waals surface area contributed by atoms with E-state index in [4.69, 9.17) is 4.74 Å². The lowest BCUT2D eigenvalue weighted by Crippen LogP contribution is -2.44. The average molecular weight is 417 g/mol. The van der Waals surface area contributed by atoms with Crippen LogP contribution in [0.4, 0.5) is 0 Å². The summed E-state index contributed by atoms with van der Waals surface area (Å²) in [6.07, 6.45) is 2.20. The van der Waals surface area contributed by atoms with Crippen molar-refractivity contribution in [1.82, 2.24) is 10.2 Å². The fourth-order valence-corrected chi connectivity index (χ4v) is 4.18. The van der Waals surface area contributed by atoms with E-state index in [-0.39, 0.29) is 12.6 Å². The quantitative estimate of drug-likeness (QED) is 0.537. The number of aliphatic hydroxyl groups is 1. The van der Waals surface area contributed by atoms with E-state index in [1.807, 2.05) is 30.3 Å². The normalized spacial score (nSPS) is 16.2. The van der Waals surface area contributed by atoms with Crippen molar-refractivity contribution in [2.24, 2.45) is 0 Å². The van der Waals surface area contributed by atoms with Crippen LogP contribution in [0.2, 0.25) is 0 Å². The Bertz CT molecular complexity index is 892. The molecule has 0 radical (unpaired) electrons. The standard InChI is InChI=1S/C27H32N2O2/c30-20-27(24-11-13-26(14-12-24)31-21-23-9-5-2-6-10-23)28-25-15-17-29(18-16-25)19-22-7-3-1-4-8-22/h1-14,25,27-28,30H,15-21H2/t27-/m1/s1. The van der Waals surface area contributed by atoms with Crippen molar-refractivity contribution in [2.75, 3.05) is 19.7 Å². The lowest BCUT2D eigenvalue weighted by Gasteiger charge is -2.34. The fraction of sp³-hybridized carbons (Fsp3) is 0.333. The average Bonchev–Trinajstić information content (AvgIpc) is 2.84. The van der Waals surface area contributed by atoms with E-state index in [2.05, 4.69) is 64.8 Å². The molecule has 2 N–H and O–H groups in total. The number of benzene rings is 3. The zero-order chi connectivity index (χ0) is 21.3. The van der Waals surface area contributed by atoms with Gasteiger partial charge in [-0.25, -0.2) is 0 Å². The molecule has 0 bridgehead atoms. The van der Waals surface area contributed by atoms with Crippen LogP contribution in [0, 0.1) is 0 Å². The molecule has 0 spiro atoms. The molecule has 4 heteroatoms.